The Kier molecular flexibility index (Phi) is 8.10. The van der Waals surface area contributed by atoms with Crippen LogP contribution in [0.5, 0.6) is 11.5 Å². The van der Waals surface area contributed by atoms with Gasteiger partial charge in [-0.15, -0.1) is 0 Å². The highest BCUT2D eigenvalue weighted by atomic mass is 19.1. The smallest absolute Gasteiger partial charge is 0.264 e. The van der Waals surface area contributed by atoms with Crippen molar-refractivity contribution in [3.05, 3.63) is 90.5 Å². The first-order valence-electron chi connectivity index (χ1n) is 15.9. The Morgan fingerprint density at radius 3 is 2.73 bits per heavy atom. The van der Waals surface area contributed by atoms with Gasteiger partial charge in [-0.25, -0.2) is 24.0 Å². The molecule has 2 aliphatic rings. The largest absolute Gasteiger partial charge is 0.457 e. The van der Waals surface area contributed by atoms with Gasteiger partial charge in [0.05, 0.1) is 18.0 Å². The van der Waals surface area contributed by atoms with Gasteiger partial charge < -0.3 is 19.9 Å². The fourth-order valence-electron chi connectivity index (χ4n) is 6.58. The topological polar surface area (TPSA) is 144 Å². The summed E-state index contributed by atoms with van der Waals surface area (Å²) in [5, 5.41) is 15.4. The lowest BCUT2D eigenvalue weighted by Gasteiger charge is -2.39. The number of rotatable bonds is 7. The second-order valence-electron chi connectivity index (χ2n) is 12.6. The molecule has 0 saturated carbocycles. The minimum Gasteiger partial charge on any atom is -0.457 e. The molecule has 0 aliphatic carbocycles. The standard InChI is InChI=1S/C35H35FN10O2/c1-35(2,45-16-15-43-14-12-39-29(43)21-45)18-23(19-37)34(47)44-13-6-7-24(20-44)46-33-30(32(38)40-22-41-33)31(42-46)27-11-10-26(17-28(27)36)48-25-8-4-3-5-9-25/h3-5,8-12,14,17-18,22,24H,6-7,13,15-16,20-21H2,1-2H3,(H2,38,40,41)/t24-/m0/s1. The molecule has 5 aromatic rings. The van der Waals surface area contributed by atoms with Gasteiger partial charge in [0.2, 0.25) is 0 Å². The van der Waals surface area contributed by atoms with Crippen LogP contribution in [0, 0.1) is 17.1 Å². The molecule has 48 heavy (non-hydrogen) atoms. The van der Waals surface area contributed by atoms with Gasteiger partial charge in [-0.3, -0.25) is 9.69 Å². The number of nitrogens with zero attached hydrogens (tertiary/aromatic N) is 9. The Morgan fingerprint density at radius 2 is 1.94 bits per heavy atom. The number of para-hydroxylation sites is 1. The fourth-order valence-corrected chi connectivity index (χ4v) is 6.58. The molecule has 0 unspecified atom stereocenters. The van der Waals surface area contributed by atoms with Crippen molar-refractivity contribution in [2.45, 2.75) is 51.4 Å². The summed E-state index contributed by atoms with van der Waals surface area (Å²) in [6.45, 7) is 7.00. The number of halogens is 1. The molecule has 2 N–H and O–H groups in total. The Morgan fingerprint density at radius 1 is 1.10 bits per heavy atom. The van der Waals surface area contributed by atoms with E-state index >= 15 is 4.39 Å². The average molecular weight is 647 g/mol. The van der Waals surface area contributed by atoms with Crippen LogP contribution in [0.15, 0.2) is 78.9 Å². The number of hydrogen-bond donors (Lipinski definition) is 1. The number of hydrogen-bond acceptors (Lipinski definition) is 9. The maximum atomic E-state index is 15.7. The van der Waals surface area contributed by atoms with Crippen LogP contribution in [0.3, 0.4) is 0 Å². The zero-order chi connectivity index (χ0) is 33.4. The SMILES string of the molecule is CC(C)(C=C(C#N)C(=O)N1CCC[C@H](n2nc(-c3ccc(Oc4ccccc4)cc3F)c3c(N)ncnc32)C1)N1CCn2ccnc2C1. The molecule has 1 amide bonds. The van der Waals surface area contributed by atoms with Crippen molar-refractivity contribution in [3.8, 4) is 28.8 Å². The number of fused-ring (bicyclic) bond motifs is 2. The summed E-state index contributed by atoms with van der Waals surface area (Å²) in [7, 11) is 0. The highest BCUT2D eigenvalue weighted by Gasteiger charge is 2.34. The van der Waals surface area contributed by atoms with Crippen LogP contribution in [-0.2, 0) is 17.9 Å². The molecule has 1 atom stereocenters. The summed E-state index contributed by atoms with van der Waals surface area (Å²) in [5.74, 6) is 1.19. The summed E-state index contributed by atoms with van der Waals surface area (Å²) in [6, 6.07) is 15.6. The van der Waals surface area contributed by atoms with Gasteiger partial charge in [0, 0.05) is 55.7 Å². The summed E-state index contributed by atoms with van der Waals surface area (Å²) in [5.41, 5.74) is 6.83. The molecule has 0 bridgehead atoms. The first kappa shape index (κ1) is 31.0. The Bertz CT molecular complexity index is 2060. The van der Waals surface area contributed by atoms with Gasteiger partial charge in [-0.2, -0.15) is 10.4 Å². The number of carbonyl (C=O) groups is 1. The lowest BCUT2D eigenvalue weighted by atomic mass is 9.97. The van der Waals surface area contributed by atoms with Crippen molar-refractivity contribution in [2.75, 3.05) is 25.4 Å². The van der Waals surface area contributed by atoms with Crippen LogP contribution in [0.25, 0.3) is 22.3 Å². The van der Waals surface area contributed by atoms with Gasteiger partial charge >= 0.3 is 0 Å². The number of ether oxygens (including phenoxy) is 1. The van der Waals surface area contributed by atoms with Crippen molar-refractivity contribution < 1.29 is 13.9 Å². The molecule has 12 nitrogen and oxygen atoms in total. The first-order chi connectivity index (χ1) is 23.2. The molecule has 0 radical (unpaired) electrons. The molecule has 2 aliphatic heterocycles. The molecule has 0 spiro atoms. The lowest BCUT2D eigenvalue weighted by Crippen LogP contribution is -2.47. The summed E-state index contributed by atoms with van der Waals surface area (Å²) < 4.78 is 25.3. The third kappa shape index (κ3) is 5.86. The normalized spacial score (nSPS) is 17.2. The molecule has 244 valence electrons. The number of nitrogen functional groups attached to an aromatic ring is 1. The van der Waals surface area contributed by atoms with Crippen LogP contribution < -0.4 is 10.5 Å². The van der Waals surface area contributed by atoms with E-state index in [1.165, 1.54) is 12.4 Å². The zero-order valence-electron chi connectivity index (χ0n) is 26.8. The van der Waals surface area contributed by atoms with E-state index < -0.39 is 11.4 Å². The predicted molar refractivity (Wildman–Crippen MR) is 177 cm³/mol. The quantitative estimate of drug-likeness (QED) is 0.188. The van der Waals surface area contributed by atoms with Crippen LogP contribution in [0.2, 0.25) is 0 Å². The highest BCUT2D eigenvalue weighted by Crippen LogP contribution is 2.36. The number of nitrogens with two attached hydrogens (primary N) is 1. The van der Waals surface area contributed by atoms with E-state index in [0.29, 0.717) is 60.7 Å². The van der Waals surface area contributed by atoms with E-state index in [1.807, 2.05) is 38.2 Å². The summed E-state index contributed by atoms with van der Waals surface area (Å²) in [6.07, 6.45) is 8.26. The van der Waals surface area contributed by atoms with Crippen LogP contribution in [-0.4, -0.2) is 70.2 Å². The molecule has 7 rings (SSSR count). The number of likely N-dealkylation sites (tertiary alicyclic amines) is 1. The summed E-state index contributed by atoms with van der Waals surface area (Å²) >= 11 is 0. The van der Waals surface area contributed by atoms with E-state index in [0.717, 1.165) is 18.9 Å². The number of benzene rings is 2. The molecular formula is C35H35FN10O2. The molecule has 2 aromatic carbocycles. The maximum absolute atomic E-state index is 15.7. The number of carbonyl (C=O) groups excluding carboxylic acids is 1. The van der Waals surface area contributed by atoms with Crippen molar-refractivity contribution in [3.63, 3.8) is 0 Å². The van der Waals surface area contributed by atoms with Crippen LogP contribution in [0.4, 0.5) is 10.2 Å². The molecular weight excluding hydrogens is 611 g/mol. The van der Waals surface area contributed by atoms with Crippen LogP contribution in [0.1, 0.15) is 38.6 Å². The number of piperidine rings is 1. The number of nitriles is 1. The molecule has 1 saturated heterocycles. The monoisotopic (exact) mass is 646 g/mol. The van der Waals surface area contributed by atoms with E-state index in [4.69, 9.17) is 15.6 Å². The maximum Gasteiger partial charge on any atom is 0.264 e. The van der Waals surface area contributed by atoms with E-state index in [-0.39, 0.29) is 28.9 Å². The van der Waals surface area contributed by atoms with E-state index in [9.17, 15) is 10.1 Å². The minimum atomic E-state index is -0.555. The van der Waals surface area contributed by atoms with Gasteiger partial charge in [0.15, 0.2) is 5.65 Å². The van der Waals surface area contributed by atoms with Gasteiger partial charge in [-0.1, -0.05) is 18.2 Å². The average Bonchev–Trinajstić information content (AvgIpc) is 3.73. The predicted octanol–water partition coefficient (Wildman–Crippen LogP) is 5.11. The second kappa shape index (κ2) is 12.5. The van der Waals surface area contributed by atoms with Gasteiger partial charge in [0.1, 0.15) is 52.6 Å². The highest BCUT2D eigenvalue weighted by molar-refractivity contribution is 5.99. The lowest BCUT2D eigenvalue weighted by molar-refractivity contribution is -0.128. The molecule has 5 heterocycles. The van der Waals surface area contributed by atoms with Crippen molar-refractivity contribution >= 4 is 22.8 Å². The van der Waals surface area contributed by atoms with Crippen molar-refractivity contribution in [1.29, 1.82) is 5.26 Å². The van der Waals surface area contributed by atoms with Crippen LogP contribution >= 0.6 is 0 Å². The fraction of sp³-hybridized carbons (Fsp3) is 0.314. The van der Waals surface area contributed by atoms with E-state index in [1.54, 1.807) is 46.1 Å². The number of anilines is 1. The zero-order valence-corrected chi connectivity index (χ0v) is 26.8. The van der Waals surface area contributed by atoms with E-state index in [2.05, 4.69) is 30.5 Å². The Labute approximate surface area is 276 Å². The minimum absolute atomic E-state index is 0.0898. The molecule has 1 fully saturated rings. The first-order valence-corrected chi connectivity index (χ1v) is 15.9. The van der Waals surface area contributed by atoms with Gasteiger partial charge in [-0.05, 0) is 57.0 Å². The Balaban J connectivity index is 1.15. The number of amides is 1. The number of imidazole rings is 1. The van der Waals surface area contributed by atoms with Crippen molar-refractivity contribution in [2.24, 2.45) is 0 Å². The summed E-state index contributed by atoms with van der Waals surface area (Å²) in [4.78, 5) is 30.8. The van der Waals surface area contributed by atoms with Gasteiger partial charge in [0.25, 0.3) is 5.91 Å². The van der Waals surface area contributed by atoms with Crippen molar-refractivity contribution in [1.82, 2.24) is 39.1 Å². The molecule has 3 aromatic heterocycles. The Hall–Kier alpha value is -5.61. The third-order valence-electron chi connectivity index (χ3n) is 9.13. The number of aromatic nitrogens is 6. The third-order valence-corrected chi connectivity index (χ3v) is 9.13. The second-order valence-corrected chi connectivity index (χ2v) is 12.6. The molecule has 13 heteroatoms.